The van der Waals surface area contributed by atoms with Gasteiger partial charge in [-0.3, -0.25) is 0 Å². The lowest BCUT2D eigenvalue weighted by Gasteiger charge is -2.02. The molecule has 0 spiro atoms. The third-order valence-electron chi connectivity index (χ3n) is 3.54. The molecule has 3 aromatic rings. The summed E-state index contributed by atoms with van der Waals surface area (Å²) in [4.78, 5) is 8.72. The number of nitrogens with one attached hydrogen (secondary N) is 1. The fourth-order valence-electron chi connectivity index (χ4n) is 2.25. The number of pyridine rings is 1. The maximum absolute atomic E-state index is 5.20. The molecular formula is C14H15N5O. The molecule has 0 bridgehead atoms. The Morgan fingerprint density at radius 2 is 2.30 bits per heavy atom. The lowest BCUT2D eigenvalue weighted by molar-refractivity contribution is 0.422. The second-order valence-corrected chi connectivity index (χ2v) is 5.27. The summed E-state index contributed by atoms with van der Waals surface area (Å²) < 4.78 is 7.27. The van der Waals surface area contributed by atoms with E-state index in [0.29, 0.717) is 18.5 Å². The van der Waals surface area contributed by atoms with Gasteiger partial charge in [0.1, 0.15) is 5.65 Å². The first kappa shape index (κ1) is 11.5. The van der Waals surface area contributed by atoms with Gasteiger partial charge in [-0.1, -0.05) is 11.2 Å². The first-order chi connectivity index (χ1) is 9.79. The van der Waals surface area contributed by atoms with E-state index in [9.17, 15) is 0 Å². The molecule has 0 aromatic carbocycles. The van der Waals surface area contributed by atoms with Gasteiger partial charge >= 0.3 is 6.01 Å². The van der Waals surface area contributed by atoms with Crippen LogP contribution < -0.4 is 5.32 Å². The zero-order valence-corrected chi connectivity index (χ0v) is 11.2. The van der Waals surface area contributed by atoms with Crippen molar-refractivity contribution < 1.29 is 4.52 Å². The van der Waals surface area contributed by atoms with Crippen molar-refractivity contribution >= 4 is 11.7 Å². The SMILES string of the molecule is Cc1ccc2ncc(CNc3nc(C4CC4)no3)n2c1. The summed E-state index contributed by atoms with van der Waals surface area (Å²) in [6, 6.07) is 4.55. The van der Waals surface area contributed by atoms with Crippen LogP contribution in [0.25, 0.3) is 5.65 Å². The topological polar surface area (TPSA) is 68.2 Å². The van der Waals surface area contributed by atoms with E-state index in [1.165, 1.54) is 18.4 Å². The van der Waals surface area contributed by atoms with Crippen LogP contribution in [0, 0.1) is 6.92 Å². The molecule has 0 aliphatic heterocycles. The number of hydrogen-bond donors (Lipinski definition) is 1. The van der Waals surface area contributed by atoms with E-state index < -0.39 is 0 Å². The maximum Gasteiger partial charge on any atom is 0.321 e. The predicted octanol–water partition coefficient (Wildman–Crippen LogP) is 2.52. The standard InChI is InChI=1S/C14H15N5O/c1-9-2-5-12-15-6-11(19(12)8-9)7-16-14-17-13(18-20-14)10-3-4-10/h2,5-6,8,10H,3-4,7H2,1H3,(H,16,17,18). The number of anilines is 1. The Labute approximate surface area is 115 Å². The van der Waals surface area contributed by atoms with E-state index in [1.807, 2.05) is 12.3 Å². The molecular weight excluding hydrogens is 254 g/mol. The maximum atomic E-state index is 5.20. The third-order valence-corrected chi connectivity index (χ3v) is 3.54. The van der Waals surface area contributed by atoms with Crippen molar-refractivity contribution in [1.29, 1.82) is 0 Å². The van der Waals surface area contributed by atoms with E-state index in [2.05, 4.69) is 44.0 Å². The fourth-order valence-corrected chi connectivity index (χ4v) is 2.25. The van der Waals surface area contributed by atoms with Crippen LogP contribution in [-0.4, -0.2) is 19.5 Å². The van der Waals surface area contributed by atoms with Crippen LogP contribution in [0.2, 0.25) is 0 Å². The molecule has 1 aliphatic rings. The molecule has 20 heavy (non-hydrogen) atoms. The van der Waals surface area contributed by atoms with E-state index in [0.717, 1.165) is 17.2 Å². The summed E-state index contributed by atoms with van der Waals surface area (Å²) in [7, 11) is 0. The molecule has 3 aromatic heterocycles. The number of hydrogen-bond acceptors (Lipinski definition) is 5. The zero-order valence-electron chi connectivity index (χ0n) is 11.2. The number of aryl methyl sites for hydroxylation is 1. The number of nitrogens with zero attached hydrogens (tertiary/aromatic N) is 4. The molecule has 0 radical (unpaired) electrons. The number of imidazole rings is 1. The molecule has 1 fully saturated rings. The van der Waals surface area contributed by atoms with Crippen molar-refractivity contribution in [2.75, 3.05) is 5.32 Å². The Morgan fingerprint density at radius 3 is 3.15 bits per heavy atom. The van der Waals surface area contributed by atoms with Crippen LogP contribution in [0.5, 0.6) is 0 Å². The molecule has 3 heterocycles. The molecule has 6 heteroatoms. The van der Waals surface area contributed by atoms with Crippen molar-refractivity contribution in [2.45, 2.75) is 32.2 Å². The first-order valence-electron chi connectivity index (χ1n) is 6.80. The van der Waals surface area contributed by atoms with Crippen molar-refractivity contribution in [3.8, 4) is 0 Å². The van der Waals surface area contributed by atoms with E-state index in [4.69, 9.17) is 4.52 Å². The molecule has 102 valence electrons. The molecule has 1 saturated carbocycles. The largest absolute Gasteiger partial charge is 0.332 e. The van der Waals surface area contributed by atoms with E-state index in [1.54, 1.807) is 0 Å². The number of fused-ring (bicyclic) bond motifs is 1. The van der Waals surface area contributed by atoms with Gasteiger partial charge in [-0.05, 0) is 31.4 Å². The normalized spacial score (nSPS) is 14.8. The van der Waals surface area contributed by atoms with Crippen LogP contribution >= 0.6 is 0 Å². The van der Waals surface area contributed by atoms with Crippen LogP contribution in [0.15, 0.2) is 29.0 Å². The Balaban J connectivity index is 1.53. The average Bonchev–Trinajstić information content (AvgIpc) is 3.06. The first-order valence-corrected chi connectivity index (χ1v) is 6.80. The second-order valence-electron chi connectivity index (χ2n) is 5.27. The highest BCUT2D eigenvalue weighted by atomic mass is 16.5. The summed E-state index contributed by atoms with van der Waals surface area (Å²) in [5.41, 5.74) is 3.21. The number of aromatic nitrogens is 4. The Morgan fingerprint density at radius 1 is 1.40 bits per heavy atom. The minimum absolute atomic E-state index is 0.481. The molecule has 6 nitrogen and oxygen atoms in total. The molecule has 0 saturated heterocycles. The predicted molar refractivity (Wildman–Crippen MR) is 73.5 cm³/mol. The average molecular weight is 269 g/mol. The van der Waals surface area contributed by atoms with Gasteiger partial charge in [0.15, 0.2) is 5.82 Å². The van der Waals surface area contributed by atoms with Gasteiger partial charge in [0.05, 0.1) is 18.4 Å². The van der Waals surface area contributed by atoms with Crippen LogP contribution in [0.3, 0.4) is 0 Å². The summed E-state index contributed by atoms with van der Waals surface area (Å²) >= 11 is 0. The van der Waals surface area contributed by atoms with Gasteiger partial charge in [0.25, 0.3) is 0 Å². The molecule has 1 N–H and O–H groups in total. The van der Waals surface area contributed by atoms with Gasteiger partial charge in [-0.25, -0.2) is 4.98 Å². The van der Waals surface area contributed by atoms with Crippen LogP contribution in [0.4, 0.5) is 6.01 Å². The molecule has 0 amide bonds. The summed E-state index contributed by atoms with van der Waals surface area (Å²) in [6.45, 7) is 2.67. The monoisotopic (exact) mass is 269 g/mol. The summed E-state index contributed by atoms with van der Waals surface area (Å²) in [5.74, 6) is 1.33. The van der Waals surface area contributed by atoms with Crippen LogP contribution in [0.1, 0.15) is 35.8 Å². The lowest BCUT2D eigenvalue weighted by Crippen LogP contribution is -2.03. The lowest BCUT2D eigenvalue weighted by atomic mass is 10.3. The van der Waals surface area contributed by atoms with Crippen molar-refractivity contribution in [3.05, 3.63) is 41.6 Å². The highest BCUT2D eigenvalue weighted by Crippen LogP contribution is 2.38. The summed E-state index contributed by atoms with van der Waals surface area (Å²) in [5, 5.41) is 7.14. The fraction of sp³-hybridized carbons (Fsp3) is 0.357. The molecule has 1 aliphatic carbocycles. The van der Waals surface area contributed by atoms with Crippen molar-refractivity contribution in [3.63, 3.8) is 0 Å². The summed E-state index contributed by atoms with van der Waals surface area (Å²) in [6.07, 6.45) is 6.28. The van der Waals surface area contributed by atoms with E-state index in [-0.39, 0.29) is 0 Å². The van der Waals surface area contributed by atoms with Gasteiger partial charge in [-0.2, -0.15) is 4.98 Å². The molecule has 4 rings (SSSR count). The minimum atomic E-state index is 0.481. The quantitative estimate of drug-likeness (QED) is 0.788. The van der Waals surface area contributed by atoms with Gasteiger partial charge in [-0.15, -0.1) is 0 Å². The Hall–Kier alpha value is -2.37. The van der Waals surface area contributed by atoms with Crippen molar-refractivity contribution in [2.24, 2.45) is 0 Å². The number of rotatable bonds is 4. The van der Waals surface area contributed by atoms with Gasteiger partial charge < -0.3 is 14.2 Å². The smallest absolute Gasteiger partial charge is 0.321 e. The highest BCUT2D eigenvalue weighted by Gasteiger charge is 2.28. The molecule has 0 unspecified atom stereocenters. The zero-order chi connectivity index (χ0) is 13.5. The second kappa shape index (κ2) is 4.33. The minimum Gasteiger partial charge on any atom is -0.332 e. The van der Waals surface area contributed by atoms with Gasteiger partial charge in [0.2, 0.25) is 0 Å². The highest BCUT2D eigenvalue weighted by molar-refractivity contribution is 5.42. The van der Waals surface area contributed by atoms with Crippen LogP contribution in [-0.2, 0) is 6.54 Å². The Bertz CT molecular complexity index is 756. The van der Waals surface area contributed by atoms with Gasteiger partial charge in [0, 0.05) is 12.1 Å². The molecule has 0 atom stereocenters. The Kier molecular flexibility index (Phi) is 2.48. The third kappa shape index (κ3) is 2.03. The van der Waals surface area contributed by atoms with E-state index >= 15 is 0 Å². The van der Waals surface area contributed by atoms with Crippen molar-refractivity contribution in [1.82, 2.24) is 19.5 Å².